The molecule has 1 N–H and O–H groups in total. The summed E-state index contributed by atoms with van der Waals surface area (Å²) in [7, 11) is 2.74. The summed E-state index contributed by atoms with van der Waals surface area (Å²) >= 11 is 1.38. The van der Waals surface area contributed by atoms with Crippen molar-refractivity contribution in [2.24, 2.45) is 0 Å². The second-order valence-corrected chi connectivity index (χ2v) is 14.8. The monoisotopic (exact) mass is 789 g/mol. The maximum Gasteiger partial charge on any atom is 0.330 e. The summed E-state index contributed by atoms with van der Waals surface area (Å²) in [6.07, 6.45) is 3.83. The normalized spacial score (nSPS) is 18.2. The highest BCUT2D eigenvalue weighted by molar-refractivity contribution is 8.01. The number of esters is 1. The summed E-state index contributed by atoms with van der Waals surface area (Å²) in [6.45, 7) is 11.3. The van der Waals surface area contributed by atoms with Gasteiger partial charge in [-0.15, -0.1) is 18.3 Å². The number of nitrogens with zero attached hydrogens (tertiary/aromatic N) is 2. The topological polar surface area (TPSA) is 183 Å². The van der Waals surface area contributed by atoms with Crippen molar-refractivity contribution in [3.8, 4) is 17.2 Å². The van der Waals surface area contributed by atoms with E-state index in [-0.39, 0.29) is 35.1 Å². The lowest BCUT2D eigenvalue weighted by Crippen LogP contribution is -2.70. The number of methoxy groups -OCH3 is 2. The van der Waals surface area contributed by atoms with E-state index in [0.29, 0.717) is 65.2 Å². The van der Waals surface area contributed by atoms with Gasteiger partial charge >= 0.3 is 5.97 Å². The minimum Gasteiger partial charge on any atom is -0.493 e. The molecule has 2 heterocycles. The van der Waals surface area contributed by atoms with Crippen LogP contribution in [0.25, 0.3) is 0 Å². The van der Waals surface area contributed by atoms with Crippen LogP contribution in [0.1, 0.15) is 37.8 Å². The summed E-state index contributed by atoms with van der Waals surface area (Å²) in [5.41, 5.74) is 0.529. The van der Waals surface area contributed by atoms with Crippen LogP contribution in [0.5, 0.6) is 17.2 Å². The molecule has 3 atom stereocenters. The van der Waals surface area contributed by atoms with E-state index >= 15 is 0 Å². The highest BCUT2D eigenvalue weighted by Gasteiger charge is 2.64. The van der Waals surface area contributed by atoms with Crippen LogP contribution in [-0.4, -0.2) is 123 Å². The molecule has 0 spiro atoms. The standard InChI is InChI=1S/C38H51N3O13S/c1-6-7-8-13-49-14-15-50-16-17-51-18-19-52-20-21-53-28-11-9-26(10-12-28)22-32(42)39-33-35(43)40-34(38(2,3)55-36(33)40)37(44)54-25-27-23-30(47-4)31(48-5)24-29(27)41(45)46/h6,9-12,23-24,33-34,36H,1,7-8,13-22,25H2,2-5H3,(H,39,42)/t33-,34+,36-/m1/s1. The first-order valence-electron chi connectivity index (χ1n) is 18.0. The molecule has 0 saturated carbocycles. The van der Waals surface area contributed by atoms with Crippen molar-refractivity contribution in [1.29, 1.82) is 0 Å². The number of nitro groups is 1. The maximum absolute atomic E-state index is 13.4. The molecule has 2 amide bonds. The number of unbranched alkanes of at least 4 members (excludes halogenated alkanes) is 1. The average molecular weight is 790 g/mol. The number of benzene rings is 2. The van der Waals surface area contributed by atoms with Gasteiger partial charge in [0.1, 0.15) is 36.4 Å². The Balaban J connectivity index is 1.13. The zero-order valence-electron chi connectivity index (χ0n) is 31.8. The molecule has 4 rings (SSSR count). The smallest absolute Gasteiger partial charge is 0.330 e. The molecule has 2 aromatic rings. The molecule has 16 nitrogen and oxygen atoms in total. The van der Waals surface area contributed by atoms with E-state index in [0.717, 1.165) is 18.4 Å². The number of nitro benzene ring substituents is 1. The summed E-state index contributed by atoms with van der Waals surface area (Å²) in [5, 5.41) is 14.0. The molecule has 2 fully saturated rings. The molecule has 2 saturated heterocycles. The number of carbonyl (C=O) groups is 3. The molecule has 55 heavy (non-hydrogen) atoms. The third kappa shape index (κ3) is 12.3. The summed E-state index contributed by atoms with van der Waals surface area (Å²) < 4.78 is 42.8. The van der Waals surface area contributed by atoms with Gasteiger partial charge in [-0.25, -0.2) is 4.79 Å². The van der Waals surface area contributed by atoms with Crippen molar-refractivity contribution in [2.45, 2.75) is 61.9 Å². The van der Waals surface area contributed by atoms with Crippen LogP contribution in [0, 0.1) is 10.1 Å². The van der Waals surface area contributed by atoms with E-state index in [1.807, 2.05) is 19.9 Å². The zero-order valence-corrected chi connectivity index (χ0v) is 32.6. The fraction of sp³-hybridized carbons (Fsp3) is 0.553. The van der Waals surface area contributed by atoms with E-state index in [2.05, 4.69) is 11.9 Å². The Morgan fingerprint density at radius 2 is 1.51 bits per heavy atom. The number of amides is 2. The number of thioether (sulfide) groups is 1. The van der Waals surface area contributed by atoms with Crippen molar-refractivity contribution >= 4 is 35.2 Å². The van der Waals surface area contributed by atoms with Gasteiger partial charge in [-0.3, -0.25) is 19.7 Å². The Hall–Kier alpha value is -4.42. The van der Waals surface area contributed by atoms with Crippen molar-refractivity contribution in [3.63, 3.8) is 0 Å². The number of rotatable bonds is 26. The van der Waals surface area contributed by atoms with Crippen LogP contribution < -0.4 is 19.5 Å². The molecular formula is C38H51N3O13S. The van der Waals surface area contributed by atoms with Gasteiger partial charge in [-0.05, 0) is 50.5 Å². The van der Waals surface area contributed by atoms with Crippen molar-refractivity contribution < 1.29 is 57.2 Å². The van der Waals surface area contributed by atoms with E-state index in [9.17, 15) is 24.5 Å². The first-order chi connectivity index (χ1) is 26.5. The molecule has 0 radical (unpaired) electrons. The van der Waals surface area contributed by atoms with Crippen LogP contribution in [0.3, 0.4) is 0 Å². The molecule has 2 aromatic carbocycles. The van der Waals surface area contributed by atoms with Crippen LogP contribution in [-0.2, 0) is 51.1 Å². The van der Waals surface area contributed by atoms with Crippen molar-refractivity contribution in [2.75, 3.05) is 73.7 Å². The number of nitrogens with one attached hydrogen (secondary N) is 1. The Bertz CT molecular complexity index is 1610. The van der Waals surface area contributed by atoms with Crippen LogP contribution in [0.2, 0.25) is 0 Å². The number of β-lactam (4-membered cyclic amide) rings is 1. The fourth-order valence-electron chi connectivity index (χ4n) is 5.97. The van der Waals surface area contributed by atoms with Gasteiger partial charge in [-0.1, -0.05) is 18.2 Å². The van der Waals surface area contributed by atoms with Crippen molar-refractivity contribution in [3.05, 3.63) is 70.3 Å². The highest BCUT2D eigenvalue weighted by Crippen LogP contribution is 2.51. The average Bonchev–Trinajstić information content (AvgIpc) is 3.43. The molecular weight excluding hydrogens is 738 g/mol. The van der Waals surface area contributed by atoms with Gasteiger partial charge in [0.2, 0.25) is 11.8 Å². The number of hydrogen-bond donors (Lipinski definition) is 1. The minimum atomic E-state index is -0.965. The predicted molar refractivity (Wildman–Crippen MR) is 202 cm³/mol. The third-order valence-electron chi connectivity index (χ3n) is 8.73. The largest absolute Gasteiger partial charge is 0.493 e. The van der Waals surface area contributed by atoms with Gasteiger partial charge < -0.3 is 48.1 Å². The third-order valence-corrected chi connectivity index (χ3v) is 10.3. The molecule has 302 valence electrons. The Morgan fingerprint density at radius 3 is 2.09 bits per heavy atom. The molecule has 2 aliphatic rings. The molecule has 0 aliphatic carbocycles. The summed E-state index contributed by atoms with van der Waals surface area (Å²) in [6, 6.07) is 7.87. The van der Waals surface area contributed by atoms with Gasteiger partial charge in [0.15, 0.2) is 11.5 Å². The SMILES string of the molecule is C=CCCCOCCOCCOCCOCCOc1ccc(CC(=O)N[C@@H]2C(=O)N3[C@@H]2SC(C)(C)[C@@H]3C(=O)OCc2cc(OC)c(OC)cc2[N+](=O)[O-])cc1. The number of allylic oxidation sites excluding steroid dienone is 1. The lowest BCUT2D eigenvalue weighted by Gasteiger charge is -2.44. The van der Waals surface area contributed by atoms with Crippen LogP contribution in [0.4, 0.5) is 5.69 Å². The Morgan fingerprint density at radius 1 is 0.927 bits per heavy atom. The fourth-order valence-corrected chi connectivity index (χ4v) is 7.59. The molecule has 0 bridgehead atoms. The van der Waals surface area contributed by atoms with E-state index in [1.165, 1.54) is 43.0 Å². The summed E-state index contributed by atoms with van der Waals surface area (Å²) in [5.74, 6) is -0.444. The van der Waals surface area contributed by atoms with E-state index < -0.39 is 45.6 Å². The second-order valence-electron chi connectivity index (χ2n) is 13.1. The van der Waals surface area contributed by atoms with Crippen LogP contribution >= 0.6 is 11.8 Å². The van der Waals surface area contributed by atoms with Gasteiger partial charge in [-0.2, -0.15) is 0 Å². The van der Waals surface area contributed by atoms with Gasteiger partial charge in [0.25, 0.3) is 5.69 Å². The summed E-state index contributed by atoms with van der Waals surface area (Å²) in [4.78, 5) is 52.1. The highest BCUT2D eigenvalue weighted by atomic mass is 32.2. The number of fused-ring (bicyclic) bond motifs is 1. The molecule has 0 aromatic heterocycles. The minimum absolute atomic E-state index is 0.0401. The predicted octanol–water partition coefficient (Wildman–Crippen LogP) is 3.86. The Kier molecular flexibility index (Phi) is 17.0. The molecule has 2 aliphatic heterocycles. The molecule has 17 heteroatoms. The van der Waals surface area contributed by atoms with E-state index in [1.54, 1.807) is 24.3 Å². The van der Waals surface area contributed by atoms with Gasteiger partial charge in [0.05, 0.1) is 83.4 Å². The first-order valence-corrected chi connectivity index (χ1v) is 18.9. The molecule has 0 unspecified atom stereocenters. The Labute approximate surface area is 325 Å². The first kappa shape index (κ1) is 43.3. The van der Waals surface area contributed by atoms with Crippen molar-refractivity contribution in [1.82, 2.24) is 10.2 Å². The quantitative estimate of drug-likeness (QED) is 0.0362. The lowest BCUT2D eigenvalue weighted by molar-refractivity contribution is -0.385. The zero-order chi connectivity index (χ0) is 39.8. The number of hydrogen-bond acceptors (Lipinski definition) is 14. The van der Waals surface area contributed by atoms with Gasteiger partial charge in [0, 0.05) is 11.4 Å². The lowest BCUT2D eigenvalue weighted by atomic mass is 9.95. The maximum atomic E-state index is 13.4. The van der Waals surface area contributed by atoms with E-state index in [4.69, 9.17) is 37.9 Å². The number of ether oxygens (including phenoxy) is 8. The number of carbonyl (C=O) groups excluding carboxylic acids is 3. The van der Waals surface area contributed by atoms with Crippen LogP contribution in [0.15, 0.2) is 49.1 Å². The second kappa shape index (κ2) is 21.6.